The highest BCUT2D eigenvalue weighted by atomic mass is 16.5. The molecule has 1 aromatic carbocycles. The minimum absolute atomic E-state index is 0.0968. The van der Waals surface area contributed by atoms with E-state index in [2.05, 4.69) is 34.7 Å². The summed E-state index contributed by atoms with van der Waals surface area (Å²) >= 11 is 0. The molecule has 1 saturated heterocycles. The van der Waals surface area contributed by atoms with Gasteiger partial charge in [-0.15, -0.1) is 5.10 Å². The summed E-state index contributed by atoms with van der Waals surface area (Å²) in [6.45, 7) is 8.06. The number of benzene rings is 1. The zero-order chi connectivity index (χ0) is 17.8. The third-order valence-corrected chi connectivity index (χ3v) is 4.29. The molecule has 0 radical (unpaired) electrons. The average Bonchev–Trinajstić information content (AvgIpc) is 3.11. The van der Waals surface area contributed by atoms with Gasteiger partial charge < -0.3 is 15.0 Å². The number of hydrogen-bond acceptors (Lipinski definition) is 5. The maximum atomic E-state index is 12.8. The molecule has 0 aliphatic carbocycles. The van der Waals surface area contributed by atoms with E-state index in [4.69, 9.17) is 4.74 Å². The molecule has 1 aromatic heterocycles. The van der Waals surface area contributed by atoms with Gasteiger partial charge in [-0.1, -0.05) is 19.9 Å². The van der Waals surface area contributed by atoms with Crippen LogP contribution < -0.4 is 5.32 Å². The number of carbonyl (C=O) groups excluding carboxylic acids is 1. The van der Waals surface area contributed by atoms with Gasteiger partial charge in [-0.25, -0.2) is 9.48 Å². The fraction of sp³-hybridized carbons (Fsp3) is 0.529. The molecule has 1 aliphatic heterocycles. The molecule has 3 rings (SSSR count). The molecule has 0 saturated carbocycles. The first-order valence-electron chi connectivity index (χ1n) is 8.54. The lowest BCUT2D eigenvalue weighted by Crippen LogP contribution is -2.50. The van der Waals surface area contributed by atoms with Gasteiger partial charge in [-0.05, 0) is 47.4 Å². The highest BCUT2D eigenvalue weighted by Crippen LogP contribution is 2.21. The molecule has 1 atom stereocenters. The number of carbonyl (C=O) groups is 1. The molecule has 1 aliphatic rings. The van der Waals surface area contributed by atoms with Crippen molar-refractivity contribution < 1.29 is 9.53 Å². The lowest BCUT2D eigenvalue weighted by molar-refractivity contribution is 0.00857. The summed E-state index contributed by atoms with van der Waals surface area (Å²) in [5.41, 5.74) is 2.58. The van der Waals surface area contributed by atoms with E-state index in [1.807, 2.05) is 30.0 Å². The van der Waals surface area contributed by atoms with Crippen molar-refractivity contribution in [3.8, 4) is 5.69 Å². The number of morpholine rings is 1. The standard InChI is InChI=1S/C17H24N6O2/c1-12(2)8-15-10-25-7-6-22(15)17(24)19-14-5-4-13(3)16(9-14)23-11-18-20-21-23/h4-5,9,11-12,15H,6-8,10H2,1-3H3,(H,19,24)/t15-/m0/s1. The smallest absolute Gasteiger partial charge is 0.322 e. The summed E-state index contributed by atoms with van der Waals surface area (Å²) in [5.74, 6) is 0.507. The lowest BCUT2D eigenvalue weighted by atomic mass is 10.0. The van der Waals surface area contributed by atoms with E-state index in [1.165, 1.54) is 6.33 Å². The molecule has 2 amide bonds. The van der Waals surface area contributed by atoms with E-state index < -0.39 is 0 Å². The van der Waals surface area contributed by atoms with Crippen molar-refractivity contribution in [2.75, 3.05) is 25.1 Å². The van der Waals surface area contributed by atoms with Crippen molar-refractivity contribution in [3.05, 3.63) is 30.1 Å². The van der Waals surface area contributed by atoms with Crippen LogP contribution in [0.15, 0.2) is 24.5 Å². The highest BCUT2D eigenvalue weighted by Gasteiger charge is 2.28. The number of amides is 2. The fourth-order valence-corrected chi connectivity index (χ4v) is 3.06. The summed E-state index contributed by atoms with van der Waals surface area (Å²) in [4.78, 5) is 14.6. The van der Waals surface area contributed by atoms with Gasteiger partial charge in [-0.3, -0.25) is 0 Å². The topological polar surface area (TPSA) is 85.2 Å². The highest BCUT2D eigenvalue weighted by molar-refractivity contribution is 5.90. The van der Waals surface area contributed by atoms with Crippen molar-refractivity contribution in [1.29, 1.82) is 0 Å². The predicted octanol–water partition coefficient (Wildman–Crippen LogP) is 2.25. The monoisotopic (exact) mass is 344 g/mol. The number of nitrogens with zero attached hydrogens (tertiary/aromatic N) is 5. The van der Waals surface area contributed by atoms with Gasteiger partial charge in [0.25, 0.3) is 0 Å². The molecule has 0 unspecified atom stereocenters. The van der Waals surface area contributed by atoms with E-state index in [9.17, 15) is 4.79 Å². The maximum absolute atomic E-state index is 12.8. The van der Waals surface area contributed by atoms with Crippen LogP contribution in [-0.4, -0.2) is 56.9 Å². The van der Waals surface area contributed by atoms with Crippen LogP contribution in [0.1, 0.15) is 25.8 Å². The van der Waals surface area contributed by atoms with Crippen molar-refractivity contribution in [2.45, 2.75) is 33.2 Å². The van der Waals surface area contributed by atoms with Gasteiger partial charge in [-0.2, -0.15) is 0 Å². The van der Waals surface area contributed by atoms with Crippen molar-refractivity contribution >= 4 is 11.7 Å². The van der Waals surface area contributed by atoms with Crippen LogP contribution in [-0.2, 0) is 4.74 Å². The molecule has 8 nitrogen and oxygen atoms in total. The molecule has 0 spiro atoms. The van der Waals surface area contributed by atoms with E-state index in [-0.39, 0.29) is 12.1 Å². The number of tetrazole rings is 1. The third-order valence-electron chi connectivity index (χ3n) is 4.29. The average molecular weight is 344 g/mol. The van der Waals surface area contributed by atoms with E-state index in [0.717, 1.165) is 23.4 Å². The Morgan fingerprint density at radius 1 is 1.44 bits per heavy atom. The Balaban J connectivity index is 1.75. The number of nitrogens with one attached hydrogen (secondary N) is 1. The van der Waals surface area contributed by atoms with Gasteiger partial charge in [0.2, 0.25) is 0 Å². The van der Waals surface area contributed by atoms with E-state index >= 15 is 0 Å². The van der Waals surface area contributed by atoms with Crippen LogP contribution >= 0.6 is 0 Å². The Hall–Kier alpha value is -2.48. The zero-order valence-corrected chi connectivity index (χ0v) is 14.8. The second-order valence-corrected chi connectivity index (χ2v) is 6.74. The van der Waals surface area contributed by atoms with Crippen LogP contribution in [0.5, 0.6) is 0 Å². The quantitative estimate of drug-likeness (QED) is 0.919. The summed E-state index contributed by atoms with van der Waals surface area (Å²) < 4.78 is 7.13. The molecule has 2 heterocycles. The number of urea groups is 1. The maximum Gasteiger partial charge on any atom is 0.322 e. The van der Waals surface area contributed by atoms with Crippen LogP contribution in [0.4, 0.5) is 10.5 Å². The molecule has 0 bridgehead atoms. The summed E-state index contributed by atoms with van der Waals surface area (Å²) in [6, 6.07) is 5.72. The van der Waals surface area contributed by atoms with Gasteiger partial charge in [0.15, 0.2) is 0 Å². The Morgan fingerprint density at radius 3 is 3.00 bits per heavy atom. The summed E-state index contributed by atoms with van der Waals surface area (Å²) in [5, 5.41) is 14.2. The lowest BCUT2D eigenvalue weighted by Gasteiger charge is -2.36. The number of ether oxygens (including phenoxy) is 1. The molecular formula is C17H24N6O2. The minimum Gasteiger partial charge on any atom is -0.377 e. The Bertz CT molecular complexity index is 716. The van der Waals surface area contributed by atoms with Gasteiger partial charge in [0.1, 0.15) is 6.33 Å². The van der Waals surface area contributed by atoms with Crippen molar-refractivity contribution in [2.24, 2.45) is 5.92 Å². The van der Waals surface area contributed by atoms with Crippen LogP contribution in [0.2, 0.25) is 0 Å². The van der Waals surface area contributed by atoms with Crippen molar-refractivity contribution in [3.63, 3.8) is 0 Å². The first-order chi connectivity index (χ1) is 12.0. The van der Waals surface area contributed by atoms with Crippen molar-refractivity contribution in [1.82, 2.24) is 25.1 Å². The first kappa shape index (κ1) is 17.3. The Labute approximate surface area is 147 Å². The van der Waals surface area contributed by atoms with Crippen LogP contribution in [0.3, 0.4) is 0 Å². The normalized spacial score (nSPS) is 17.8. The second-order valence-electron chi connectivity index (χ2n) is 6.74. The Morgan fingerprint density at radius 2 is 2.28 bits per heavy atom. The van der Waals surface area contributed by atoms with E-state index in [0.29, 0.717) is 25.7 Å². The number of hydrogen-bond donors (Lipinski definition) is 1. The largest absolute Gasteiger partial charge is 0.377 e. The molecule has 1 N–H and O–H groups in total. The number of rotatable bonds is 4. The first-order valence-corrected chi connectivity index (χ1v) is 8.54. The number of anilines is 1. The fourth-order valence-electron chi connectivity index (χ4n) is 3.06. The summed E-state index contributed by atoms with van der Waals surface area (Å²) in [7, 11) is 0. The van der Waals surface area contributed by atoms with E-state index in [1.54, 1.807) is 4.68 Å². The zero-order valence-electron chi connectivity index (χ0n) is 14.8. The van der Waals surface area contributed by atoms with Crippen LogP contribution in [0.25, 0.3) is 5.69 Å². The molecule has 8 heteroatoms. The SMILES string of the molecule is Cc1ccc(NC(=O)N2CCOC[C@@H]2CC(C)C)cc1-n1cnnn1. The van der Waals surface area contributed by atoms with Gasteiger partial charge in [0, 0.05) is 12.2 Å². The number of aryl methyl sites for hydroxylation is 1. The summed E-state index contributed by atoms with van der Waals surface area (Å²) in [6.07, 6.45) is 2.46. The molecule has 1 fully saturated rings. The number of aromatic nitrogens is 4. The predicted molar refractivity (Wildman–Crippen MR) is 93.7 cm³/mol. The molecule has 134 valence electrons. The minimum atomic E-state index is -0.0968. The van der Waals surface area contributed by atoms with Crippen LogP contribution in [0, 0.1) is 12.8 Å². The molecule has 25 heavy (non-hydrogen) atoms. The van der Waals surface area contributed by atoms with Gasteiger partial charge >= 0.3 is 6.03 Å². The Kier molecular flexibility index (Phi) is 5.28. The molecular weight excluding hydrogens is 320 g/mol. The van der Waals surface area contributed by atoms with Gasteiger partial charge in [0.05, 0.1) is 24.9 Å². The third kappa shape index (κ3) is 4.14. The molecule has 2 aromatic rings. The second kappa shape index (κ2) is 7.60.